The van der Waals surface area contributed by atoms with Crippen molar-refractivity contribution in [2.45, 2.75) is 31.4 Å². The first-order valence-electron chi connectivity index (χ1n) is 8.80. The van der Waals surface area contributed by atoms with E-state index in [1.54, 1.807) is 0 Å². The molecule has 1 saturated heterocycles. The van der Waals surface area contributed by atoms with Crippen LogP contribution >= 0.6 is 11.5 Å². The lowest BCUT2D eigenvalue weighted by atomic mass is 10.0. The highest BCUT2D eigenvalue weighted by molar-refractivity contribution is 7.93. The molecule has 0 spiro atoms. The van der Waals surface area contributed by atoms with Gasteiger partial charge in [0.25, 0.3) is 0 Å². The molecule has 1 aliphatic heterocycles. The van der Waals surface area contributed by atoms with Gasteiger partial charge >= 0.3 is 0 Å². The van der Waals surface area contributed by atoms with Crippen LogP contribution in [0.1, 0.15) is 26.7 Å². The summed E-state index contributed by atoms with van der Waals surface area (Å²) in [7, 11) is -3.64. The molecule has 0 unspecified atom stereocenters. The molecule has 0 saturated carbocycles. The molecule has 146 valence electrons. The Morgan fingerprint density at radius 2 is 1.93 bits per heavy atom. The van der Waals surface area contributed by atoms with Crippen molar-refractivity contribution in [3.8, 4) is 10.6 Å². The zero-order valence-corrected chi connectivity index (χ0v) is 17.0. The number of aromatic nitrogens is 2. The Bertz CT molecular complexity index is 888. The molecule has 1 aromatic carbocycles. The molecule has 1 amide bonds. The second-order valence-corrected chi connectivity index (χ2v) is 10.4. The van der Waals surface area contributed by atoms with Crippen molar-refractivity contribution >= 4 is 33.2 Å². The monoisotopic (exact) mass is 409 g/mol. The van der Waals surface area contributed by atoms with Gasteiger partial charge in [-0.05, 0) is 44.1 Å². The van der Waals surface area contributed by atoms with Crippen LogP contribution in [-0.4, -0.2) is 47.4 Å². The Morgan fingerprint density at radius 1 is 1.26 bits per heavy atom. The molecule has 1 fully saturated rings. The van der Waals surface area contributed by atoms with Crippen LogP contribution in [0.4, 0.5) is 5.95 Å². The number of rotatable bonds is 6. The molecule has 0 atom stereocenters. The predicted molar refractivity (Wildman–Crippen MR) is 105 cm³/mol. The fourth-order valence-electron chi connectivity index (χ4n) is 2.80. The van der Waals surface area contributed by atoms with E-state index in [0.29, 0.717) is 31.1 Å². The Morgan fingerprint density at radius 3 is 2.59 bits per heavy atom. The highest BCUT2D eigenvalue weighted by atomic mass is 32.2. The lowest BCUT2D eigenvalue weighted by Crippen LogP contribution is -2.47. The van der Waals surface area contributed by atoms with Gasteiger partial charge in [0.05, 0.1) is 5.75 Å². The number of nitrogens with zero attached hydrogens (tertiary/aromatic N) is 2. The molecular weight excluding hydrogens is 386 g/mol. The number of sulfone groups is 1. The second-order valence-electron chi connectivity index (χ2n) is 7.09. The van der Waals surface area contributed by atoms with Crippen molar-refractivity contribution < 1.29 is 17.9 Å². The van der Waals surface area contributed by atoms with Crippen LogP contribution in [0.15, 0.2) is 30.3 Å². The lowest BCUT2D eigenvalue weighted by molar-refractivity contribution is -0.117. The van der Waals surface area contributed by atoms with Crippen LogP contribution in [-0.2, 0) is 19.4 Å². The van der Waals surface area contributed by atoms with Crippen molar-refractivity contribution in [2.75, 3.05) is 24.3 Å². The average Bonchev–Trinajstić information content (AvgIpc) is 3.11. The smallest absolute Gasteiger partial charge is 0.247 e. The fourth-order valence-corrected chi connectivity index (χ4v) is 5.13. The number of hydrogen-bond donors (Lipinski definition) is 1. The van der Waals surface area contributed by atoms with Crippen molar-refractivity contribution in [2.24, 2.45) is 5.92 Å². The summed E-state index contributed by atoms with van der Waals surface area (Å²) in [5.41, 5.74) is 0.891. The van der Waals surface area contributed by atoms with Gasteiger partial charge in [-0.15, -0.1) is 0 Å². The molecule has 1 aromatic heterocycles. The van der Waals surface area contributed by atoms with Crippen molar-refractivity contribution in [3.63, 3.8) is 0 Å². The Labute approximate surface area is 163 Å². The molecule has 27 heavy (non-hydrogen) atoms. The standard InChI is InChI=1S/C18H23N3O4S2/c1-18(2,27(23,24)12-13-8-10-25-11-9-13)16(22)20-17-19-15(26-21-17)14-6-4-3-5-7-14/h3-7,13H,8-12H2,1-2H3,(H,20,21,22). The van der Waals surface area contributed by atoms with Gasteiger partial charge in [-0.1, -0.05) is 30.3 Å². The van der Waals surface area contributed by atoms with Gasteiger partial charge in [-0.3, -0.25) is 10.1 Å². The summed E-state index contributed by atoms with van der Waals surface area (Å²) in [6.07, 6.45) is 1.40. The van der Waals surface area contributed by atoms with Crippen molar-refractivity contribution in [1.29, 1.82) is 0 Å². The molecule has 2 aromatic rings. The van der Waals surface area contributed by atoms with Crippen molar-refractivity contribution in [3.05, 3.63) is 30.3 Å². The van der Waals surface area contributed by atoms with Gasteiger partial charge in [0.15, 0.2) is 9.84 Å². The quantitative estimate of drug-likeness (QED) is 0.788. The summed E-state index contributed by atoms with van der Waals surface area (Å²) in [5.74, 6) is -0.487. The minimum atomic E-state index is -3.64. The van der Waals surface area contributed by atoms with Gasteiger partial charge in [0, 0.05) is 18.8 Å². The van der Waals surface area contributed by atoms with E-state index < -0.39 is 20.5 Å². The third-order valence-electron chi connectivity index (χ3n) is 4.79. The largest absolute Gasteiger partial charge is 0.381 e. The number of nitrogens with one attached hydrogen (secondary N) is 1. The zero-order valence-electron chi connectivity index (χ0n) is 15.3. The maximum Gasteiger partial charge on any atom is 0.247 e. The number of carbonyl (C=O) groups is 1. The number of hydrogen-bond acceptors (Lipinski definition) is 7. The van der Waals surface area contributed by atoms with Gasteiger partial charge in [-0.25, -0.2) is 8.42 Å². The maximum absolute atomic E-state index is 12.8. The van der Waals surface area contributed by atoms with Crippen LogP contribution in [0.3, 0.4) is 0 Å². The second kappa shape index (κ2) is 8.04. The highest BCUT2D eigenvalue weighted by Gasteiger charge is 2.43. The number of carbonyl (C=O) groups excluding carboxylic acids is 1. The molecule has 0 bridgehead atoms. The number of benzene rings is 1. The first kappa shape index (κ1) is 19.9. The Hall–Kier alpha value is -1.84. The molecule has 9 heteroatoms. The van der Waals surface area contributed by atoms with Gasteiger partial charge < -0.3 is 4.74 Å². The van der Waals surface area contributed by atoms with E-state index in [2.05, 4.69) is 14.7 Å². The van der Waals surface area contributed by atoms with E-state index in [1.165, 1.54) is 13.8 Å². The summed E-state index contributed by atoms with van der Waals surface area (Å²) in [5, 5.41) is 3.22. The third-order valence-corrected chi connectivity index (χ3v) is 8.21. The maximum atomic E-state index is 12.8. The van der Waals surface area contributed by atoms with Crippen LogP contribution < -0.4 is 5.32 Å². The Balaban J connectivity index is 1.69. The first-order chi connectivity index (χ1) is 12.8. The van der Waals surface area contributed by atoms with Crippen LogP contribution in [0.2, 0.25) is 0 Å². The van der Waals surface area contributed by atoms with Crippen LogP contribution in [0.25, 0.3) is 10.6 Å². The summed E-state index contributed by atoms with van der Waals surface area (Å²) in [4.78, 5) is 17.0. The molecule has 0 aliphatic carbocycles. The number of amides is 1. The van der Waals surface area contributed by atoms with E-state index in [0.717, 1.165) is 17.1 Å². The molecule has 3 rings (SSSR count). The summed E-state index contributed by atoms with van der Waals surface area (Å²) in [6, 6.07) is 9.48. The van der Waals surface area contributed by atoms with Crippen LogP contribution in [0, 0.1) is 5.92 Å². The normalized spacial score (nSPS) is 16.2. The van der Waals surface area contributed by atoms with Gasteiger partial charge in [0.1, 0.15) is 9.75 Å². The zero-order chi connectivity index (χ0) is 19.5. The molecule has 2 heterocycles. The molecule has 7 nitrogen and oxygen atoms in total. The SMILES string of the molecule is CC(C)(C(=O)Nc1nsc(-c2ccccc2)n1)S(=O)(=O)CC1CCOCC1. The third kappa shape index (κ3) is 4.53. The number of ether oxygens (including phenoxy) is 1. The minimum absolute atomic E-state index is 0.0173. The summed E-state index contributed by atoms with van der Waals surface area (Å²) in [6.45, 7) is 4.00. The highest BCUT2D eigenvalue weighted by Crippen LogP contribution is 2.27. The molecule has 1 N–H and O–H groups in total. The van der Waals surface area contributed by atoms with Gasteiger partial charge in [-0.2, -0.15) is 9.36 Å². The first-order valence-corrected chi connectivity index (χ1v) is 11.2. The number of anilines is 1. The van der Waals surface area contributed by atoms with Crippen molar-refractivity contribution in [1.82, 2.24) is 9.36 Å². The average molecular weight is 410 g/mol. The van der Waals surface area contributed by atoms with E-state index in [1.807, 2.05) is 30.3 Å². The lowest BCUT2D eigenvalue weighted by Gasteiger charge is -2.27. The van der Waals surface area contributed by atoms with E-state index in [-0.39, 0.29) is 17.6 Å². The topological polar surface area (TPSA) is 98.3 Å². The van der Waals surface area contributed by atoms with E-state index >= 15 is 0 Å². The Kier molecular flexibility index (Phi) is 5.92. The molecule has 1 aliphatic rings. The van der Waals surface area contributed by atoms with Crippen LogP contribution in [0.5, 0.6) is 0 Å². The molecular formula is C18H23N3O4S2. The van der Waals surface area contributed by atoms with E-state index in [4.69, 9.17) is 4.74 Å². The fraction of sp³-hybridized carbons (Fsp3) is 0.500. The minimum Gasteiger partial charge on any atom is -0.381 e. The summed E-state index contributed by atoms with van der Waals surface area (Å²) >= 11 is 1.15. The molecule has 0 radical (unpaired) electrons. The summed E-state index contributed by atoms with van der Waals surface area (Å²) < 4.78 is 33.5. The van der Waals surface area contributed by atoms with Gasteiger partial charge in [0.2, 0.25) is 11.9 Å². The van der Waals surface area contributed by atoms with E-state index in [9.17, 15) is 13.2 Å². The predicted octanol–water partition coefficient (Wildman–Crippen LogP) is 2.76.